The van der Waals surface area contributed by atoms with Gasteiger partial charge in [-0.15, -0.1) is 0 Å². The van der Waals surface area contributed by atoms with Gasteiger partial charge < -0.3 is 14.8 Å². The van der Waals surface area contributed by atoms with Crippen LogP contribution in [0.2, 0.25) is 0 Å². The Labute approximate surface area is 168 Å². The van der Waals surface area contributed by atoms with Crippen molar-refractivity contribution in [2.45, 2.75) is 53.1 Å². The first-order valence-corrected chi connectivity index (χ1v) is 9.59. The largest absolute Gasteiger partial charge is 0.463 e. The van der Waals surface area contributed by atoms with Crippen molar-refractivity contribution >= 4 is 11.8 Å². The molecule has 0 radical (unpaired) electrons. The summed E-state index contributed by atoms with van der Waals surface area (Å²) in [5, 5.41) is 3.24. The number of nitrogens with one attached hydrogen (secondary N) is 1. The van der Waals surface area contributed by atoms with Crippen molar-refractivity contribution in [1.29, 1.82) is 0 Å². The first-order valence-electron chi connectivity index (χ1n) is 9.59. The Kier molecular flexibility index (Phi) is 5.78. The predicted molar refractivity (Wildman–Crippen MR) is 103 cm³/mol. The highest BCUT2D eigenvalue weighted by Crippen LogP contribution is 2.46. The van der Waals surface area contributed by atoms with Gasteiger partial charge in [-0.05, 0) is 43.4 Å². The minimum Gasteiger partial charge on any atom is -0.463 e. The molecule has 1 atom stereocenters. The number of hydrogen-bond donors (Lipinski definition) is 1. The molecule has 0 spiro atoms. The average molecular weight is 405 g/mol. The lowest BCUT2D eigenvalue weighted by atomic mass is 9.68. The van der Waals surface area contributed by atoms with E-state index in [-0.39, 0.29) is 23.6 Å². The van der Waals surface area contributed by atoms with E-state index in [0.29, 0.717) is 35.2 Å². The number of hydrogen-bond acceptors (Lipinski definition) is 5. The van der Waals surface area contributed by atoms with Crippen LogP contribution in [0.1, 0.15) is 52.0 Å². The molecule has 0 fully saturated rings. The van der Waals surface area contributed by atoms with E-state index in [9.17, 15) is 18.4 Å². The van der Waals surface area contributed by atoms with E-state index in [1.165, 1.54) is 12.1 Å². The first-order chi connectivity index (χ1) is 13.6. The van der Waals surface area contributed by atoms with Crippen molar-refractivity contribution < 1.29 is 27.8 Å². The summed E-state index contributed by atoms with van der Waals surface area (Å²) in [7, 11) is 0. The second kappa shape index (κ2) is 7.97. The van der Waals surface area contributed by atoms with Gasteiger partial charge in [-0.3, -0.25) is 4.79 Å². The first kappa shape index (κ1) is 21.0. The summed E-state index contributed by atoms with van der Waals surface area (Å²) in [5.41, 5.74) is 2.79. The Morgan fingerprint density at radius 1 is 1.24 bits per heavy atom. The lowest BCUT2D eigenvalue weighted by Crippen LogP contribution is -2.38. The van der Waals surface area contributed by atoms with Crippen LogP contribution in [0, 0.1) is 5.41 Å². The SMILES string of the molecule is CCOC(=O)C1=C(C)NC2=C(C(=O)CC(C)(C)C2)[C@@H]1c1ccc(OC(F)F)cc1. The molecule has 2 aliphatic rings. The van der Waals surface area contributed by atoms with Gasteiger partial charge in [0.1, 0.15) is 5.75 Å². The minimum absolute atomic E-state index is 0.0152. The van der Waals surface area contributed by atoms with E-state index < -0.39 is 18.5 Å². The van der Waals surface area contributed by atoms with Gasteiger partial charge in [0.05, 0.1) is 12.2 Å². The number of Topliss-reactive ketones (excluding diaryl/α,β-unsaturated/α-hetero) is 1. The third-order valence-corrected chi connectivity index (χ3v) is 5.17. The normalized spacial score (nSPS) is 21.1. The fourth-order valence-electron chi connectivity index (χ4n) is 4.09. The van der Waals surface area contributed by atoms with Crippen molar-refractivity contribution in [1.82, 2.24) is 5.32 Å². The fraction of sp³-hybridized carbons (Fsp3) is 0.455. The number of esters is 1. The maximum absolute atomic E-state index is 13.1. The predicted octanol–water partition coefficient (Wildman–Crippen LogP) is 4.46. The number of dihydropyridines is 1. The molecule has 0 saturated carbocycles. The second-order valence-corrected chi connectivity index (χ2v) is 8.10. The highest BCUT2D eigenvalue weighted by atomic mass is 19.3. The second-order valence-electron chi connectivity index (χ2n) is 8.10. The summed E-state index contributed by atoms with van der Waals surface area (Å²) in [6, 6.07) is 6.05. The van der Waals surface area contributed by atoms with Crippen LogP contribution in [0.25, 0.3) is 0 Å². The molecule has 0 saturated heterocycles. The molecule has 0 aromatic heterocycles. The van der Waals surface area contributed by atoms with Crippen LogP contribution in [0.4, 0.5) is 8.78 Å². The summed E-state index contributed by atoms with van der Waals surface area (Å²) in [4.78, 5) is 25.8. The molecule has 0 bridgehead atoms. The summed E-state index contributed by atoms with van der Waals surface area (Å²) in [6.45, 7) is 4.84. The molecule has 1 N–H and O–H groups in total. The summed E-state index contributed by atoms with van der Waals surface area (Å²) in [6.07, 6.45) is 1.04. The Morgan fingerprint density at radius 3 is 2.48 bits per heavy atom. The highest BCUT2D eigenvalue weighted by Gasteiger charge is 2.43. The van der Waals surface area contributed by atoms with Gasteiger partial charge in [-0.1, -0.05) is 26.0 Å². The molecule has 1 aromatic rings. The van der Waals surface area contributed by atoms with Gasteiger partial charge in [0.15, 0.2) is 5.78 Å². The third kappa shape index (κ3) is 4.33. The zero-order valence-electron chi connectivity index (χ0n) is 17.0. The van der Waals surface area contributed by atoms with Crippen LogP contribution in [0.15, 0.2) is 46.8 Å². The number of carbonyl (C=O) groups excluding carboxylic acids is 2. The average Bonchev–Trinajstić information content (AvgIpc) is 2.59. The molecule has 1 aliphatic heterocycles. The monoisotopic (exact) mass is 405 g/mol. The van der Waals surface area contributed by atoms with Crippen molar-refractivity contribution in [2.75, 3.05) is 6.61 Å². The molecule has 156 valence electrons. The maximum atomic E-state index is 13.1. The standard InChI is InChI=1S/C22H25F2NO4/c1-5-28-20(27)17-12(2)25-15-10-22(3,4)11-16(26)19(15)18(17)13-6-8-14(9-7-13)29-21(23)24/h6-9,18,21,25H,5,10-11H2,1-4H3/t18-/m1/s1. The van der Waals surface area contributed by atoms with Crippen molar-refractivity contribution in [3.05, 3.63) is 52.4 Å². The molecule has 3 rings (SSSR count). The van der Waals surface area contributed by atoms with Gasteiger partial charge >= 0.3 is 12.6 Å². The molecule has 1 aliphatic carbocycles. The van der Waals surface area contributed by atoms with Gasteiger partial charge in [0, 0.05) is 29.3 Å². The number of ketones is 1. The number of allylic oxidation sites excluding steroid dienone is 3. The summed E-state index contributed by atoms with van der Waals surface area (Å²) < 4.78 is 34.6. The molecule has 5 nitrogen and oxygen atoms in total. The third-order valence-electron chi connectivity index (χ3n) is 5.17. The van der Waals surface area contributed by atoms with Crippen molar-refractivity contribution in [3.8, 4) is 5.75 Å². The Balaban J connectivity index is 2.10. The minimum atomic E-state index is -2.92. The molecule has 1 aromatic carbocycles. The number of rotatable bonds is 5. The van der Waals surface area contributed by atoms with Gasteiger partial charge in [0.25, 0.3) is 0 Å². The molecule has 0 unspecified atom stereocenters. The fourth-order valence-corrected chi connectivity index (χ4v) is 4.09. The van der Waals surface area contributed by atoms with E-state index in [1.807, 2.05) is 13.8 Å². The quantitative estimate of drug-likeness (QED) is 0.733. The molecular formula is C22H25F2NO4. The van der Waals surface area contributed by atoms with Gasteiger partial charge in [-0.2, -0.15) is 8.78 Å². The summed E-state index contributed by atoms with van der Waals surface area (Å²) in [5.74, 6) is -1.13. The van der Waals surface area contributed by atoms with E-state index in [2.05, 4.69) is 10.1 Å². The molecule has 7 heteroatoms. The number of halogens is 2. The molecule has 1 heterocycles. The van der Waals surface area contributed by atoms with Crippen LogP contribution in [0.3, 0.4) is 0 Å². The van der Waals surface area contributed by atoms with Gasteiger partial charge in [-0.25, -0.2) is 4.79 Å². The number of carbonyl (C=O) groups is 2. The van der Waals surface area contributed by atoms with Crippen LogP contribution in [-0.2, 0) is 14.3 Å². The van der Waals surface area contributed by atoms with Crippen LogP contribution in [0.5, 0.6) is 5.75 Å². The maximum Gasteiger partial charge on any atom is 0.387 e. The van der Waals surface area contributed by atoms with Crippen LogP contribution < -0.4 is 10.1 Å². The van der Waals surface area contributed by atoms with E-state index >= 15 is 0 Å². The van der Waals surface area contributed by atoms with Gasteiger partial charge in [0.2, 0.25) is 0 Å². The molecule has 0 amide bonds. The lowest BCUT2D eigenvalue weighted by Gasteiger charge is -2.39. The Morgan fingerprint density at radius 2 is 1.90 bits per heavy atom. The lowest BCUT2D eigenvalue weighted by molar-refractivity contribution is -0.138. The van der Waals surface area contributed by atoms with E-state index in [0.717, 1.165) is 5.70 Å². The number of alkyl halides is 2. The highest BCUT2D eigenvalue weighted by molar-refractivity contribution is 6.04. The molecule has 29 heavy (non-hydrogen) atoms. The van der Waals surface area contributed by atoms with Crippen molar-refractivity contribution in [3.63, 3.8) is 0 Å². The smallest absolute Gasteiger partial charge is 0.387 e. The van der Waals surface area contributed by atoms with Crippen LogP contribution >= 0.6 is 0 Å². The van der Waals surface area contributed by atoms with E-state index in [4.69, 9.17) is 4.74 Å². The number of benzene rings is 1. The topological polar surface area (TPSA) is 64.6 Å². The zero-order chi connectivity index (χ0) is 21.3. The van der Waals surface area contributed by atoms with Crippen molar-refractivity contribution in [2.24, 2.45) is 5.41 Å². The zero-order valence-corrected chi connectivity index (χ0v) is 17.0. The summed E-state index contributed by atoms with van der Waals surface area (Å²) >= 11 is 0. The molecular weight excluding hydrogens is 380 g/mol. The van der Waals surface area contributed by atoms with E-state index in [1.54, 1.807) is 26.0 Å². The number of ether oxygens (including phenoxy) is 2. The Hall–Kier alpha value is -2.70. The Bertz CT molecular complexity index is 885. The van der Waals surface area contributed by atoms with Crippen LogP contribution in [-0.4, -0.2) is 25.0 Å².